The minimum Gasteiger partial charge on any atom is -0.334 e. The van der Waals surface area contributed by atoms with Crippen LogP contribution in [-0.2, 0) is 0 Å². The molecule has 0 unspecified atom stereocenters. The third-order valence-electron chi connectivity index (χ3n) is 2.31. The topological polar surface area (TPSA) is 106 Å². The van der Waals surface area contributed by atoms with Gasteiger partial charge in [0.25, 0.3) is 0 Å². The highest BCUT2D eigenvalue weighted by Crippen LogP contribution is 2.27. The van der Waals surface area contributed by atoms with Crippen molar-refractivity contribution >= 4 is 34.6 Å². The van der Waals surface area contributed by atoms with Crippen molar-refractivity contribution < 1.29 is 4.92 Å². The van der Waals surface area contributed by atoms with Crippen LogP contribution in [0.4, 0.5) is 23.0 Å². The van der Waals surface area contributed by atoms with Crippen LogP contribution in [0.2, 0.25) is 5.02 Å². The second-order valence-electron chi connectivity index (χ2n) is 3.60. The van der Waals surface area contributed by atoms with Crippen molar-refractivity contribution in [1.82, 2.24) is 4.98 Å². The Morgan fingerprint density at radius 2 is 2.11 bits per heavy atom. The summed E-state index contributed by atoms with van der Waals surface area (Å²) in [6.45, 7) is 0. The van der Waals surface area contributed by atoms with Crippen molar-refractivity contribution in [3.05, 3.63) is 51.5 Å². The lowest BCUT2D eigenvalue weighted by Gasteiger charge is -2.08. The maximum Gasteiger partial charge on any atom is 0.311 e. The zero-order valence-corrected chi connectivity index (χ0v) is 10.4. The largest absolute Gasteiger partial charge is 0.334 e. The predicted molar refractivity (Wildman–Crippen MR) is 73.4 cm³/mol. The second kappa shape index (κ2) is 5.51. The fourth-order valence-electron chi connectivity index (χ4n) is 1.47. The van der Waals surface area contributed by atoms with E-state index in [9.17, 15) is 10.1 Å². The number of anilines is 3. The standard InChI is InChI=1S/C11H10ClN5O2/c12-7-2-1-3-8(6-7)14-11-9(17(18)19)4-5-10(15-11)16-13/h1-6H,13H2,(H2,14,15,16). The van der Waals surface area contributed by atoms with Crippen molar-refractivity contribution in [2.45, 2.75) is 0 Å². The number of hydrogen-bond donors (Lipinski definition) is 3. The molecule has 0 aliphatic heterocycles. The van der Waals surface area contributed by atoms with Gasteiger partial charge in [0, 0.05) is 16.8 Å². The number of nitrogen functional groups attached to an aromatic ring is 1. The lowest BCUT2D eigenvalue weighted by molar-refractivity contribution is -0.384. The predicted octanol–water partition coefficient (Wildman–Crippen LogP) is 2.67. The number of rotatable bonds is 4. The molecule has 0 spiro atoms. The molecule has 98 valence electrons. The molecule has 1 aromatic heterocycles. The van der Waals surface area contributed by atoms with Crippen molar-refractivity contribution in [3.8, 4) is 0 Å². The molecule has 2 rings (SSSR count). The molecule has 0 saturated heterocycles. The monoisotopic (exact) mass is 279 g/mol. The molecule has 0 aliphatic carbocycles. The van der Waals surface area contributed by atoms with E-state index in [-0.39, 0.29) is 11.5 Å². The van der Waals surface area contributed by atoms with Gasteiger partial charge in [-0.05, 0) is 24.3 Å². The van der Waals surface area contributed by atoms with Gasteiger partial charge in [0.15, 0.2) is 0 Å². The van der Waals surface area contributed by atoms with Gasteiger partial charge in [-0.3, -0.25) is 10.1 Å². The maximum atomic E-state index is 10.9. The Kier molecular flexibility index (Phi) is 3.79. The fourth-order valence-corrected chi connectivity index (χ4v) is 1.66. The second-order valence-corrected chi connectivity index (χ2v) is 4.04. The highest BCUT2D eigenvalue weighted by Gasteiger charge is 2.16. The Balaban J connectivity index is 2.39. The minimum absolute atomic E-state index is 0.0858. The van der Waals surface area contributed by atoms with E-state index in [1.165, 1.54) is 12.1 Å². The summed E-state index contributed by atoms with van der Waals surface area (Å²) in [5, 5.41) is 14.3. The average molecular weight is 280 g/mol. The van der Waals surface area contributed by atoms with Gasteiger partial charge in [-0.2, -0.15) is 0 Å². The molecule has 19 heavy (non-hydrogen) atoms. The molecular weight excluding hydrogens is 270 g/mol. The molecule has 0 bridgehead atoms. The highest BCUT2D eigenvalue weighted by molar-refractivity contribution is 6.30. The lowest BCUT2D eigenvalue weighted by Crippen LogP contribution is -2.10. The molecule has 2 aromatic rings. The summed E-state index contributed by atoms with van der Waals surface area (Å²) in [6, 6.07) is 9.51. The molecule has 1 heterocycles. The summed E-state index contributed by atoms with van der Waals surface area (Å²) in [6.07, 6.45) is 0. The summed E-state index contributed by atoms with van der Waals surface area (Å²) in [5.74, 6) is 5.63. The van der Waals surface area contributed by atoms with E-state index in [2.05, 4.69) is 15.7 Å². The Hall–Kier alpha value is -2.38. The van der Waals surface area contributed by atoms with Gasteiger partial charge >= 0.3 is 5.69 Å². The van der Waals surface area contributed by atoms with Gasteiger partial charge < -0.3 is 10.7 Å². The zero-order chi connectivity index (χ0) is 13.8. The number of halogens is 1. The van der Waals surface area contributed by atoms with E-state index in [0.29, 0.717) is 16.5 Å². The van der Waals surface area contributed by atoms with Crippen LogP contribution in [-0.4, -0.2) is 9.91 Å². The van der Waals surface area contributed by atoms with Crippen molar-refractivity contribution in [1.29, 1.82) is 0 Å². The van der Waals surface area contributed by atoms with Crippen LogP contribution >= 0.6 is 11.6 Å². The van der Waals surface area contributed by atoms with Crippen molar-refractivity contribution in [2.24, 2.45) is 5.84 Å². The Bertz CT molecular complexity index is 620. The van der Waals surface area contributed by atoms with Crippen LogP contribution in [0.25, 0.3) is 0 Å². The number of hydrazine groups is 1. The van der Waals surface area contributed by atoms with E-state index in [4.69, 9.17) is 17.4 Å². The molecule has 4 N–H and O–H groups in total. The van der Waals surface area contributed by atoms with Gasteiger partial charge in [0.2, 0.25) is 5.82 Å². The first-order valence-electron chi connectivity index (χ1n) is 5.25. The number of nitrogens with one attached hydrogen (secondary N) is 2. The normalized spacial score (nSPS) is 10.0. The molecule has 0 aliphatic rings. The molecule has 7 nitrogen and oxygen atoms in total. The molecular formula is C11H10ClN5O2. The van der Waals surface area contributed by atoms with Crippen molar-refractivity contribution in [3.63, 3.8) is 0 Å². The number of benzene rings is 1. The van der Waals surface area contributed by atoms with E-state index in [0.717, 1.165) is 0 Å². The van der Waals surface area contributed by atoms with Crippen LogP contribution < -0.4 is 16.6 Å². The summed E-state index contributed by atoms with van der Waals surface area (Å²) in [7, 11) is 0. The molecule has 0 saturated carbocycles. The molecule has 0 radical (unpaired) electrons. The van der Waals surface area contributed by atoms with E-state index in [1.54, 1.807) is 24.3 Å². The maximum absolute atomic E-state index is 10.9. The summed E-state index contributed by atoms with van der Waals surface area (Å²) in [5.41, 5.74) is 2.77. The smallest absolute Gasteiger partial charge is 0.311 e. The highest BCUT2D eigenvalue weighted by atomic mass is 35.5. The molecule has 8 heteroatoms. The Morgan fingerprint density at radius 1 is 1.32 bits per heavy atom. The fraction of sp³-hybridized carbons (Fsp3) is 0. The summed E-state index contributed by atoms with van der Waals surface area (Å²) < 4.78 is 0. The number of nitrogens with two attached hydrogens (primary N) is 1. The van der Waals surface area contributed by atoms with E-state index in [1.807, 2.05) is 0 Å². The van der Waals surface area contributed by atoms with Crippen LogP contribution in [0.3, 0.4) is 0 Å². The zero-order valence-electron chi connectivity index (χ0n) is 9.63. The number of nitro groups is 1. The number of hydrogen-bond acceptors (Lipinski definition) is 6. The van der Waals surface area contributed by atoms with Gasteiger partial charge in [0.1, 0.15) is 5.82 Å². The van der Waals surface area contributed by atoms with Gasteiger partial charge in [0.05, 0.1) is 4.92 Å². The minimum atomic E-state index is -0.528. The average Bonchev–Trinajstić information content (AvgIpc) is 2.38. The van der Waals surface area contributed by atoms with Crippen molar-refractivity contribution in [2.75, 3.05) is 10.7 Å². The number of aromatic nitrogens is 1. The summed E-state index contributed by atoms with van der Waals surface area (Å²) in [4.78, 5) is 14.4. The first-order valence-corrected chi connectivity index (χ1v) is 5.62. The number of nitrogens with zero attached hydrogens (tertiary/aromatic N) is 2. The van der Waals surface area contributed by atoms with Crippen LogP contribution in [0.15, 0.2) is 36.4 Å². The molecule has 0 amide bonds. The van der Waals surface area contributed by atoms with Gasteiger partial charge in [-0.25, -0.2) is 10.8 Å². The molecule has 0 fully saturated rings. The van der Waals surface area contributed by atoms with Crippen LogP contribution in [0, 0.1) is 10.1 Å². The molecule has 0 atom stereocenters. The Labute approximate surface area is 113 Å². The first-order chi connectivity index (χ1) is 9.10. The van der Waals surface area contributed by atoms with Crippen LogP contribution in [0.5, 0.6) is 0 Å². The SMILES string of the molecule is NNc1ccc([N+](=O)[O-])c(Nc2cccc(Cl)c2)n1. The molecule has 1 aromatic carbocycles. The third-order valence-corrected chi connectivity index (χ3v) is 2.54. The number of pyridine rings is 1. The quantitative estimate of drug-likeness (QED) is 0.451. The van der Waals surface area contributed by atoms with E-state index < -0.39 is 4.92 Å². The van der Waals surface area contributed by atoms with E-state index >= 15 is 0 Å². The Morgan fingerprint density at radius 3 is 2.74 bits per heavy atom. The summed E-state index contributed by atoms with van der Waals surface area (Å²) >= 11 is 5.85. The lowest BCUT2D eigenvalue weighted by atomic mass is 10.3. The van der Waals surface area contributed by atoms with Gasteiger partial charge in [-0.15, -0.1) is 0 Å². The van der Waals surface area contributed by atoms with Gasteiger partial charge in [-0.1, -0.05) is 17.7 Å². The van der Waals surface area contributed by atoms with Crippen LogP contribution in [0.1, 0.15) is 0 Å². The third kappa shape index (κ3) is 3.09. The first kappa shape index (κ1) is 13.1.